The van der Waals surface area contributed by atoms with E-state index in [0.717, 1.165) is 0 Å². The van der Waals surface area contributed by atoms with Crippen LogP contribution in [-0.4, -0.2) is 23.6 Å². The summed E-state index contributed by atoms with van der Waals surface area (Å²) in [6, 6.07) is 0. The van der Waals surface area contributed by atoms with Crippen LogP contribution < -0.4 is 0 Å². The molecular formula is C9H13BrO4. The van der Waals surface area contributed by atoms with Gasteiger partial charge in [-0.15, -0.1) is 0 Å². The Hall–Kier alpha value is -0.840. The van der Waals surface area contributed by atoms with Crippen molar-refractivity contribution in [2.75, 3.05) is 6.61 Å². The Labute approximate surface area is 91.4 Å². The standard InChI is InChI=1S/C9H13BrO4/c1-6(2)9(12)13-5-4-8(11)14-7(3)10/h7H,1,4-5H2,2-3H3. The maximum absolute atomic E-state index is 10.9. The molecule has 0 aliphatic rings. The molecule has 1 atom stereocenters. The lowest BCUT2D eigenvalue weighted by Crippen LogP contribution is -2.14. The van der Waals surface area contributed by atoms with Crippen LogP contribution >= 0.6 is 15.9 Å². The lowest BCUT2D eigenvalue weighted by Gasteiger charge is -2.06. The Morgan fingerprint density at radius 1 is 1.50 bits per heavy atom. The second-order valence-corrected chi connectivity index (χ2v) is 3.99. The van der Waals surface area contributed by atoms with E-state index in [0.29, 0.717) is 5.57 Å². The van der Waals surface area contributed by atoms with E-state index in [-0.39, 0.29) is 18.0 Å². The normalized spacial score (nSPS) is 11.6. The van der Waals surface area contributed by atoms with E-state index in [2.05, 4.69) is 22.5 Å². The highest BCUT2D eigenvalue weighted by molar-refractivity contribution is 9.09. The first-order chi connectivity index (χ1) is 6.43. The SMILES string of the molecule is C=C(C)C(=O)OCCC(=O)OC(C)Br. The fourth-order valence-electron chi connectivity index (χ4n) is 0.590. The number of hydrogen-bond acceptors (Lipinski definition) is 4. The molecule has 0 aromatic rings. The molecule has 80 valence electrons. The molecule has 5 heteroatoms. The summed E-state index contributed by atoms with van der Waals surface area (Å²) in [5.74, 6) is -0.909. The Morgan fingerprint density at radius 2 is 2.07 bits per heavy atom. The average molecular weight is 265 g/mol. The topological polar surface area (TPSA) is 52.6 Å². The minimum absolute atomic E-state index is 0.0181. The quantitative estimate of drug-likeness (QED) is 0.432. The molecule has 0 amide bonds. The summed E-state index contributed by atoms with van der Waals surface area (Å²) in [5, 5.41) is -0.327. The zero-order valence-corrected chi connectivity index (χ0v) is 9.80. The van der Waals surface area contributed by atoms with Crippen LogP contribution in [0.5, 0.6) is 0 Å². The summed E-state index contributed by atoms with van der Waals surface area (Å²) >= 11 is 3.05. The molecule has 1 unspecified atom stereocenters. The molecule has 0 N–H and O–H groups in total. The molecule has 4 nitrogen and oxygen atoms in total. The second-order valence-electron chi connectivity index (χ2n) is 2.70. The first kappa shape index (κ1) is 13.2. The fourth-order valence-corrected chi connectivity index (χ4v) is 0.799. The molecule has 0 fully saturated rings. The molecule has 14 heavy (non-hydrogen) atoms. The van der Waals surface area contributed by atoms with Crippen LogP contribution in [0.4, 0.5) is 0 Å². The molecule has 0 saturated heterocycles. The summed E-state index contributed by atoms with van der Waals surface area (Å²) in [6.45, 7) is 6.64. The Bertz CT molecular complexity index is 235. The van der Waals surface area contributed by atoms with Crippen LogP contribution in [0.15, 0.2) is 12.2 Å². The molecule has 0 aliphatic heterocycles. The van der Waals surface area contributed by atoms with Gasteiger partial charge < -0.3 is 9.47 Å². The Kier molecular flexibility index (Phi) is 6.19. The molecule has 0 spiro atoms. The smallest absolute Gasteiger partial charge is 0.333 e. The number of ether oxygens (including phenoxy) is 2. The maximum Gasteiger partial charge on any atom is 0.333 e. The maximum atomic E-state index is 10.9. The second kappa shape index (κ2) is 6.59. The third kappa shape index (κ3) is 6.65. The van der Waals surface area contributed by atoms with E-state index in [1.807, 2.05) is 0 Å². The summed E-state index contributed by atoms with van der Waals surface area (Å²) in [5.41, 5.74) is 0.312. The predicted octanol–water partition coefficient (Wildman–Crippen LogP) is 1.78. The largest absolute Gasteiger partial charge is 0.462 e. The van der Waals surface area contributed by atoms with Crippen molar-refractivity contribution in [3.63, 3.8) is 0 Å². The molecule has 0 saturated carbocycles. The number of rotatable bonds is 5. The zero-order valence-electron chi connectivity index (χ0n) is 8.21. The van der Waals surface area contributed by atoms with Crippen LogP contribution in [0, 0.1) is 0 Å². The van der Waals surface area contributed by atoms with Gasteiger partial charge in [0.25, 0.3) is 0 Å². The lowest BCUT2D eigenvalue weighted by atomic mass is 10.4. The van der Waals surface area contributed by atoms with Crippen LogP contribution in [0.2, 0.25) is 0 Å². The molecule has 0 aromatic carbocycles. The van der Waals surface area contributed by atoms with Crippen molar-refractivity contribution in [1.82, 2.24) is 0 Å². The van der Waals surface area contributed by atoms with E-state index < -0.39 is 11.9 Å². The molecule has 0 bridgehead atoms. The number of halogens is 1. The molecule has 0 aliphatic carbocycles. The van der Waals surface area contributed by atoms with Crippen LogP contribution in [0.1, 0.15) is 20.3 Å². The van der Waals surface area contributed by atoms with Crippen LogP contribution in [-0.2, 0) is 19.1 Å². The lowest BCUT2D eigenvalue weighted by molar-refractivity contribution is -0.147. The number of alkyl halides is 1. The first-order valence-corrected chi connectivity index (χ1v) is 5.01. The van der Waals surface area contributed by atoms with Crippen LogP contribution in [0.3, 0.4) is 0 Å². The van der Waals surface area contributed by atoms with Gasteiger partial charge in [0.05, 0.1) is 6.42 Å². The average Bonchev–Trinajstić information content (AvgIpc) is 2.02. The van der Waals surface area contributed by atoms with Crippen molar-refractivity contribution in [3.8, 4) is 0 Å². The van der Waals surface area contributed by atoms with Crippen molar-refractivity contribution in [1.29, 1.82) is 0 Å². The number of hydrogen-bond donors (Lipinski definition) is 0. The monoisotopic (exact) mass is 264 g/mol. The molecule has 0 aromatic heterocycles. The minimum atomic E-state index is -0.496. The van der Waals surface area contributed by atoms with Gasteiger partial charge in [0.15, 0.2) is 5.01 Å². The van der Waals surface area contributed by atoms with Gasteiger partial charge in [-0.2, -0.15) is 0 Å². The first-order valence-electron chi connectivity index (χ1n) is 4.09. The van der Waals surface area contributed by atoms with Gasteiger partial charge in [-0.1, -0.05) is 6.58 Å². The Balaban J connectivity index is 3.59. The van der Waals surface area contributed by atoms with Crippen molar-refractivity contribution in [3.05, 3.63) is 12.2 Å². The van der Waals surface area contributed by atoms with Crippen LogP contribution in [0.25, 0.3) is 0 Å². The van der Waals surface area contributed by atoms with E-state index in [1.54, 1.807) is 13.8 Å². The Morgan fingerprint density at radius 3 is 2.50 bits per heavy atom. The predicted molar refractivity (Wildman–Crippen MR) is 54.9 cm³/mol. The third-order valence-corrected chi connectivity index (χ3v) is 1.37. The molecule has 0 heterocycles. The molecular weight excluding hydrogens is 252 g/mol. The van der Waals surface area contributed by atoms with Crippen molar-refractivity contribution < 1.29 is 19.1 Å². The summed E-state index contributed by atoms with van der Waals surface area (Å²) in [6.07, 6.45) is 0.0506. The van der Waals surface area contributed by atoms with Gasteiger partial charge in [0.1, 0.15) is 6.61 Å². The highest BCUT2D eigenvalue weighted by Crippen LogP contribution is 2.02. The van der Waals surface area contributed by atoms with E-state index >= 15 is 0 Å². The van der Waals surface area contributed by atoms with Gasteiger partial charge in [-0.3, -0.25) is 4.79 Å². The van der Waals surface area contributed by atoms with Gasteiger partial charge in [0.2, 0.25) is 0 Å². The fraction of sp³-hybridized carbons (Fsp3) is 0.556. The van der Waals surface area contributed by atoms with Crippen molar-refractivity contribution in [2.24, 2.45) is 0 Å². The molecule has 0 rings (SSSR count). The summed E-state index contributed by atoms with van der Waals surface area (Å²) in [7, 11) is 0. The zero-order chi connectivity index (χ0) is 11.1. The van der Waals surface area contributed by atoms with Gasteiger partial charge >= 0.3 is 11.9 Å². The van der Waals surface area contributed by atoms with Gasteiger partial charge in [0, 0.05) is 5.57 Å². The third-order valence-electron chi connectivity index (χ3n) is 1.18. The number of carbonyl (C=O) groups is 2. The number of esters is 2. The van der Waals surface area contributed by atoms with E-state index in [1.165, 1.54) is 0 Å². The van der Waals surface area contributed by atoms with Crippen molar-refractivity contribution >= 4 is 27.9 Å². The van der Waals surface area contributed by atoms with Gasteiger partial charge in [-0.05, 0) is 29.8 Å². The van der Waals surface area contributed by atoms with E-state index in [4.69, 9.17) is 9.47 Å². The highest BCUT2D eigenvalue weighted by atomic mass is 79.9. The van der Waals surface area contributed by atoms with Gasteiger partial charge in [-0.25, -0.2) is 4.79 Å². The molecule has 0 radical (unpaired) electrons. The van der Waals surface area contributed by atoms with Crippen molar-refractivity contribution in [2.45, 2.75) is 25.3 Å². The summed E-state index contributed by atoms with van der Waals surface area (Å²) < 4.78 is 9.46. The number of carbonyl (C=O) groups excluding carboxylic acids is 2. The van der Waals surface area contributed by atoms with E-state index in [9.17, 15) is 9.59 Å². The highest BCUT2D eigenvalue weighted by Gasteiger charge is 2.08. The minimum Gasteiger partial charge on any atom is -0.462 e. The summed E-state index contributed by atoms with van der Waals surface area (Å²) in [4.78, 5) is 21.8.